The van der Waals surface area contributed by atoms with Gasteiger partial charge in [-0.15, -0.1) is 0 Å². The maximum absolute atomic E-state index is 12.2. The molecule has 0 aliphatic carbocycles. The number of carbonyl (C=O) groups excluding carboxylic acids is 2. The first-order valence-electron chi connectivity index (χ1n) is 9.79. The Morgan fingerprint density at radius 2 is 1.48 bits per heavy atom. The van der Waals surface area contributed by atoms with Gasteiger partial charge in [0.2, 0.25) is 11.8 Å². The second kappa shape index (κ2) is 9.34. The van der Waals surface area contributed by atoms with Crippen LogP contribution in [0.25, 0.3) is 10.8 Å². The van der Waals surface area contributed by atoms with Gasteiger partial charge in [0.25, 0.3) is 0 Å². The maximum atomic E-state index is 12.2. The van der Waals surface area contributed by atoms with Gasteiger partial charge in [-0.05, 0) is 48.2 Å². The van der Waals surface area contributed by atoms with E-state index < -0.39 is 0 Å². The maximum Gasteiger partial charge on any atom is 0.243 e. The highest BCUT2D eigenvalue weighted by Gasteiger charge is 2.12. The summed E-state index contributed by atoms with van der Waals surface area (Å²) in [5, 5.41) is 11.1. The predicted octanol–water partition coefficient (Wildman–Crippen LogP) is 3.86. The third-order valence-corrected chi connectivity index (χ3v) is 5.05. The Bertz CT molecular complexity index is 1000. The molecule has 5 nitrogen and oxygen atoms in total. The minimum Gasteiger partial charge on any atom is -0.346 e. The molecule has 0 aliphatic heterocycles. The molecule has 0 saturated heterocycles. The standard InChI is InChI=1S/C24H27N3O2/c1-16-8-6-9-17(2)24(16)27-23(29)15-26-22(28)14-25-18(3)20-13-7-11-19-10-4-5-12-21(19)20/h4-13,18,25H,14-15H2,1-3H3,(H,26,28)(H,27,29)/t18-/m0/s1. The highest BCUT2D eigenvalue weighted by atomic mass is 16.2. The molecule has 0 fully saturated rings. The van der Waals surface area contributed by atoms with Crippen LogP contribution in [-0.4, -0.2) is 24.9 Å². The lowest BCUT2D eigenvalue weighted by molar-refractivity contribution is -0.123. The topological polar surface area (TPSA) is 70.2 Å². The van der Waals surface area contributed by atoms with E-state index in [0.717, 1.165) is 22.4 Å². The van der Waals surface area contributed by atoms with Crippen LogP contribution in [0.2, 0.25) is 0 Å². The summed E-state index contributed by atoms with van der Waals surface area (Å²) >= 11 is 0. The number of amides is 2. The van der Waals surface area contributed by atoms with Crippen molar-refractivity contribution in [3.05, 3.63) is 77.4 Å². The van der Waals surface area contributed by atoms with Gasteiger partial charge in [-0.2, -0.15) is 0 Å². The second-order valence-corrected chi connectivity index (χ2v) is 7.26. The van der Waals surface area contributed by atoms with Crippen molar-refractivity contribution < 1.29 is 9.59 Å². The third-order valence-electron chi connectivity index (χ3n) is 5.05. The van der Waals surface area contributed by atoms with Gasteiger partial charge < -0.3 is 16.0 Å². The number of rotatable bonds is 7. The zero-order valence-electron chi connectivity index (χ0n) is 17.1. The number of nitrogens with one attached hydrogen (secondary N) is 3. The number of hydrogen-bond donors (Lipinski definition) is 3. The molecule has 3 rings (SSSR count). The van der Waals surface area contributed by atoms with Crippen LogP contribution in [0, 0.1) is 13.8 Å². The van der Waals surface area contributed by atoms with Crippen molar-refractivity contribution in [2.75, 3.05) is 18.4 Å². The molecular formula is C24H27N3O2. The molecule has 150 valence electrons. The van der Waals surface area contributed by atoms with Crippen LogP contribution in [-0.2, 0) is 9.59 Å². The van der Waals surface area contributed by atoms with Gasteiger partial charge in [0.05, 0.1) is 13.1 Å². The van der Waals surface area contributed by atoms with E-state index >= 15 is 0 Å². The van der Waals surface area contributed by atoms with E-state index in [4.69, 9.17) is 0 Å². The lowest BCUT2D eigenvalue weighted by Gasteiger charge is -2.16. The highest BCUT2D eigenvalue weighted by molar-refractivity contribution is 5.96. The molecule has 0 radical (unpaired) electrons. The zero-order valence-corrected chi connectivity index (χ0v) is 17.1. The minimum atomic E-state index is -0.238. The lowest BCUT2D eigenvalue weighted by Crippen LogP contribution is -2.39. The van der Waals surface area contributed by atoms with Crippen molar-refractivity contribution in [2.45, 2.75) is 26.8 Å². The fraction of sp³-hybridized carbons (Fsp3) is 0.250. The largest absolute Gasteiger partial charge is 0.346 e. The number of aryl methyl sites for hydroxylation is 2. The van der Waals surface area contributed by atoms with Crippen LogP contribution in [0.3, 0.4) is 0 Å². The van der Waals surface area contributed by atoms with E-state index in [-0.39, 0.29) is 30.9 Å². The Hall–Kier alpha value is -3.18. The summed E-state index contributed by atoms with van der Waals surface area (Å²) in [5.41, 5.74) is 3.93. The predicted molar refractivity (Wildman–Crippen MR) is 118 cm³/mol. The Labute approximate surface area is 171 Å². The minimum absolute atomic E-state index is 0.00953. The Kier molecular flexibility index (Phi) is 6.62. The average molecular weight is 389 g/mol. The molecule has 0 aromatic heterocycles. The lowest BCUT2D eigenvalue weighted by atomic mass is 10.00. The van der Waals surface area contributed by atoms with Crippen LogP contribution < -0.4 is 16.0 Å². The van der Waals surface area contributed by atoms with Gasteiger partial charge in [0.15, 0.2) is 0 Å². The SMILES string of the molecule is Cc1cccc(C)c1NC(=O)CNC(=O)CN[C@@H](C)c1cccc2ccccc12. The Morgan fingerprint density at radius 3 is 2.24 bits per heavy atom. The molecule has 5 heteroatoms. The molecule has 0 saturated carbocycles. The van der Waals surface area contributed by atoms with Crippen LogP contribution in [0.15, 0.2) is 60.7 Å². The van der Waals surface area contributed by atoms with Crippen molar-refractivity contribution in [3.63, 3.8) is 0 Å². The molecule has 3 aromatic rings. The number of fused-ring (bicyclic) bond motifs is 1. The normalized spacial score (nSPS) is 11.8. The van der Waals surface area contributed by atoms with Crippen LogP contribution in [0.1, 0.15) is 29.7 Å². The first-order valence-corrected chi connectivity index (χ1v) is 9.79. The molecule has 0 spiro atoms. The summed E-state index contributed by atoms with van der Waals surface area (Å²) in [4.78, 5) is 24.4. The first-order chi connectivity index (χ1) is 14.0. The Balaban J connectivity index is 1.50. The molecule has 29 heavy (non-hydrogen) atoms. The van der Waals surface area contributed by atoms with Crippen molar-refractivity contribution in [2.24, 2.45) is 0 Å². The fourth-order valence-corrected chi connectivity index (χ4v) is 3.42. The summed E-state index contributed by atoms with van der Waals surface area (Å²) in [5.74, 6) is -0.452. The molecular weight excluding hydrogens is 362 g/mol. The van der Waals surface area contributed by atoms with E-state index in [0.29, 0.717) is 0 Å². The molecule has 0 aliphatic rings. The number of hydrogen-bond acceptors (Lipinski definition) is 3. The quantitative estimate of drug-likeness (QED) is 0.575. The zero-order chi connectivity index (χ0) is 20.8. The molecule has 1 atom stereocenters. The van der Waals surface area contributed by atoms with E-state index in [2.05, 4.69) is 40.2 Å². The average Bonchev–Trinajstić information content (AvgIpc) is 2.72. The smallest absolute Gasteiger partial charge is 0.243 e. The van der Waals surface area contributed by atoms with Gasteiger partial charge in [-0.3, -0.25) is 9.59 Å². The monoisotopic (exact) mass is 389 g/mol. The molecule has 3 aromatic carbocycles. The summed E-state index contributed by atoms with van der Waals surface area (Å²) < 4.78 is 0. The molecule has 3 N–H and O–H groups in total. The van der Waals surface area contributed by atoms with Gasteiger partial charge in [-0.1, -0.05) is 60.7 Å². The van der Waals surface area contributed by atoms with E-state index in [1.165, 1.54) is 10.8 Å². The van der Waals surface area contributed by atoms with Crippen molar-refractivity contribution in [1.29, 1.82) is 0 Å². The third kappa shape index (κ3) is 5.21. The van der Waals surface area contributed by atoms with Crippen LogP contribution in [0.5, 0.6) is 0 Å². The van der Waals surface area contributed by atoms with Crippen LogP contribution in [0.4, 0.5) is 5.69 Å². The Morgan fingerprint density at radius 1 is 0.828 bits per heavy atom. The first kappa shape index (κ1) is 20.6. The summed E-state index contributed by atoms with van der Waals surface area (Å²) in [6, 6.07) is 20.2. The van der Waals surface area contributed by atoms with Gasteiger partial charge in [-0.25, -0.2) is 0 Å². The summed E-state index contributed by atoms with van der Waals surface area (Å²) in [6.45, 7) is 6.00. The van der Waals surface area contributed by atoms with Gasteiger partial charge in [0.1, 0.15) is 0 Å². The van der Waals surface area contributed by atoms with Crippen molar-refractivity contribution in [3.8, 4) is 0 Å². The number of anilines is 1. The molecule has 2 amide bonds. The van der Waals surface area contributed by atoms with Crippen molar-refractivity contribution in [1.82, 2.24) is 10.6 Å². The number of carbonyl (C=O) groups is 2. The van der Waals surface area contributed by atoms with Crippen LogP contribution >= 0.6 is 0 Å². The van der Waals surface area contributed by atoms with Gasteiger partial charge >= 0.3 is 0 Å². The molecule has 0 bridgehead atoms. The highest BCUT2D eigenvalue weighted by Crippen LogP contribution is 2.23. The number of para-hydroxylation sites is 1. The molecule has 0 unspecified atom stereocenters. The van der Waals surface area contributed by atoms with Crippen molar-refractivity contribution >= 4 is 28.3 Å². The van der Waals surface area contributed by atoms with E-state index in [1.807, 2.05) is 57.2 Å². The number of benzene rings is 3. The summed E-state index contributed by atoms with van der Waals surface area (Å²) in [7, 11) is 0. The van der Waals surface area contributed by atoms with Gasteiger partial charge in [0, 0.05) is 11.7 Å². The van der Waals surface area contributed by atoms with E-state index in [9.17, 15) is 9.59 Å². The van der Waals surface area contributed by atoms with E-state index in [1.54, 1.807) is 0 Å². The fourth-order valence-electron chi connectivity index (χ4n) is 3.42. The summed E-state index contributed by atoms with van der Waals surface area (Å²) in [6.07, 6.45) is 0. The molecule has 0 heterocycles. The second-order valence-electron chi connectivity index (χ2n) is 7.26.